The van der Waals surface area contributed by atoms with Crippen LogP contribution in [0.1, 0.15) is 13.8 Å². The molecular weight excluding hydrogens is 124 g/mol. The molecule has 0 aliphatic rings. The zero-order valence-electron chi connectivity index (χ0n) is 6.45. The van der Waals surface area contributed by atoms with E-state index >= 15 is 0 Å². The van der Waals surface area contributed by atoms with Crippen molar-refractivity contribution >= 4 is 0 Å². The van der Waals surface area contributed by atoms with Gasteiger partial charge in [0.15, 0.2) is 0 Å². The minimum absolute atomic E-state index is 0.417. The molecule has 0 aliphatic carbocycles. The standard InChI is InChI=1S/C6H6.C3H7O/c1-2-4-6-5-3-1;1-3(2)4/h1-6H;3H,1-2H3. The Labute approximate surface area is 62.3 Å². The number of hydrogen-bond acceptors (Lipinski definition) is 0. The van der Waals surface area contributed by atoms with E-state index < -0.39 is 6.10 Å². The Kier molecular flexibility index (Phi) is 5.79. The lowest BCUT2D eigenvalue weighted by molar-refractivity contribution is 0.122. The lowest BCUT2D eigenvalue weighted by Gasteiger charge is -1.74. The van der Waals surface area contributed by atoms with E-state index in [9.17, 15) is 5.11 Å². The van der Waals surface area contributed by atoms with Crippen LogP contribution in [0.25, 0.3) is 0 Å². The minimum Gasteiger partial charge on any atom is -0.234 e. The average Bonchev–Trinajstić information content (AvgIpc) is 1.90. The molecule has 0 saturated carbocycles. The van der Waals surface area contributed by atoms with Gasteiger partial charge in [0, 0.05) is 0 Å². The SMILES string of the molecule is CC(C)[O].c1ccccc1. The Hall–Kier alpha value is -0.820. The molecule has 0 N–H and O–H groups in total. The van der Waals surface area contributed by atoms with Gasteiger partial charge < -0.3 is 0 Å². The Balaban J connectivity index is 0.000000180. The van der Waals surface area contributed by atoms with Gasteiger partial charge in [-0.2, -0.15) is 0 Å². The molecule has 1 aromatic rings. The van der Waals surface area contributed by atoms with Crippen LogP contribution in [0.4, 0.5) is 0 Å². The van der Waals surface area contributed by atoms with Crippen molar-refractivity contribution < 1.29 is 5.11 Å². The molecule has 0 bridgehead atoms. The van der Waals surface area contributed by atoms with E-state index in [4.69, 9.17) is 0 Å². The lowest BCUT2D eigenvalue weighted by atomic mass is 10.4. The summed E-state index contributed by atoms with van der Waals surface area (Å²) in [7, 11) is 0. The molecule has 0 unspecified atom stereocenters. The van der Waals surface area contributed by atoms with E-state index in [0.717, 1.165) is 0 Å². The second-order valence-corrected chi connectivity index (χ2v) is 2.20. The summed E-state index contributed by atoms with van der Waals surface area (Å²) >= 11 is 0. The van der Waals surface area contributed by atoms with Gasteiger partial charge in [0.25, 0.3) is 0 Å². The third kappa shape index (κ3) is 10.2. The van der Waals surface area contributed by atoms with Crippen molar-refractivity contribution in [3.63, 3.8) is 0 Å². The monoisotopic (exact) mass is 137 g/mol. The van der Waals surface area contributed by atoms with E-state index in [2.05, 4.69) is 0 Å². The first-order valence-corrected chi connectivity index (χ1v) is 3.39. The van der Waals surface area contributed by atoms with Crippen molar-refractivity contribution in [3.05, 3.63) is 36.4 Å². The highest BCUT2D eigenvalue weighted by molar-refractivity contribution is 4.99. The third-order valence-electron chi connectivity index (χ3n) is 0.667. The molecule has 0 atom stereocenters. The summed E-state index contributed by atoms with van der Waals surface area (Å²) in [5.74, 6) is 0. The summed E-state index contributed by atoms with van der Waals surface area (Å²) in [5, 5.41) is 9.53. The van der Waals surface area contributed by atoms with Crippen LogP contribution in [-0.4, -0.2) is 6.10 Å². The summed E-state index contributed by atoms with van der Waals surface area (Å²) in [5.41, 5.74) is 0. The van der Waals surface area contributed by atoms with E-state index in [1.54, 1.807) is 13.8 Å². The number of benzene rings is 1. The normalized spacial score (nSPS) is 8.40. The molecule has 0 saturated heterocycles. The largest absolute Gasteiger partial charge is 0.234 e. The number of rotatable bonds is 0. The molecule has 1 radical (unpaired) electrons. The maximum absolute atomic E-state index is 9.53. The Morgan fingerprint density at radius 2 is 0.900 bits per heavy atom. The smallest absolute Gasteiger partial charge is 0.0874 e. The van der Waals surface area contributed by atoms with E-state index in [-0.39, 0.29) is 0 Å². The van der Waals surface area contributed by atoms with Gasteiger partial charge in [0.2, 0.25) is 0 Å². The summed E-state index contributed by atoms with van der Waals surface area (Å²) in [6, 6.07) is 12.0. The van der Waals surface area contributed by atoms with Gasteiger partial charge in [-0.1, -0.05) is 36.4 Å². The molecule has 0 aliphatic heterocycles. The van der Waals surface area contributed by atoms with E-state index in [0.29, 0.717) is 0 Å². The highest BCUT2D eigenvalue weighted by atomic mass is 16.3. The first-order chi connectivity index (χ1) is 4.73. The van der Waals surface area contributed by atoms with Crippen LogP contribution in [0.3, 0.4) is 0 Å². The molecule has 0 fully saturated rings. The first kappa shape index (κ1) is 9.18. The van der Waals surface area contributed by atoms with Gasteiger partial charge in [0.05, 0.1) is 6.10 Å². The highest BCUT2D eigenvalue weighted by Gasteiger charge is 1.73. The fraction of sp³-hybridized carbons (Fsp3) is 0.333. The van der Waals surface area contributed by atoms with Gasteiger partial charge >= 0.3 is 0 Å². The Morgan fingerprint density at radius 1 is 0.800 bits per heavy atom. The van der Waals surface area contributed by atoms with Crippen LogP contribution in [0, 0.1) is 0 Å². The third-order valence-corrected chi connectivity index (χ3v) is 0.667. The van der Waals surface area contributed by atoms with Crippen LogP contribution in [0.2, 0.25) is 0 Å². The fourth-order valence-electron chi connectivity index (χ4n) is 0.385. The van der Waals surface area contributed by atoms with Crippen molar-refractivity contribution in [3.8, 4) is 0 Å². The van der Waals surface area contributed by atoms with Gasteiger partial charge in [-0.15, -0.1) is 0 Å². The van der Waals surface area contributed by atoms with E-state index in [1.165, 1.54) is 0 Å². The maximum atomic E-state index is 9.53. The fourth-order valence-corrected chi connectivity index (χ4v) is 0.385. The molecule has 1 nitrogen and oxygen atoms in total. The molecule has 1 heteroatoms. The summed E-state index contributed by atoms with van der Waals surface area (Å²) in [6.45, 7) is 3.22. The lowest BCUT2D eigenvalue weighted by Crippen LogP contribution is -1.81. The first-order valence-electron chi connectivity index (χ1n) is 3.39. The number of hydrogen-bond donors (Lipinski definition) is 0. The van der Waals surface area contributed by atoms with E-state index in [1.807, 2.05) is 36.4 Å². The molecule has 0 spiro atoms. The van der Waals surface area contributed by atoms with Crippen molar-refractivity contribution in [1.82, 2.24) is 0 Å². The molecule has 0 amide bonds. The molecule has 0 aromatic heterocycles. The van der Waals surface area contributed by atoms with Crippen molar-refractivity contribution in [1.29, 1.82) is 0 Å². The van der Waals surface area contributed by atoms with Crippen molar-refractivity contribution in [2.75, 3.05) is 0 Å². The van der Waals surface area contributed by atoms with Gasteiger partial charge in [-0.05, 0) is 13.8 Å². The summed E-state index contributed by atoms with van der Waals surface area (Å²) < 4.78 is 0. The van der Waals surface area contributed by atoms with Crippen LogP contribution in [-0.2, 0) is 5.11 Å². The molecule has 1 aromatic carbocycles. The summed E-state index contributed by atoms with van der Waals surface area (Å²) in [4.78, 5) is 0. The zero-order chi connectivity index (χ0) is 7.82. The molecule has 10 heavy (non-hydrogen) atoms. The van der Waals surface area contributed by atoms with Crippen LogP contribution in [0.5, 0.6) is 0 Å². The maximum Gasteiger partial charge on any atom is 0.0874 e. The van der Waals surface area contributed by atoms with Gasteiger partial charge in [-0.3, -0.25) is 0 Å². The predicted octanol–water partition coefficient (Wildman–Crippen LogP) is 2.51. The topological polar surface area (TPSA) is 19.9 Å². The van der Waals surface area contributed by atoms with Crippen molar-refractivity contribution in [2.45, 2.75) is 20.0 Å². The van der Waals surface area contributed by atoms with Crippen LogP contribution >= 0.6 is 0 Å². The average molecular weight is 137 g/mol. The molecule has 1 rings (SSSR count). The molecule has 0 heterocycles. The van der Waals surface area contributed by atoms with Crippen LogP contribution < -0.4 is 0 Å². The Morgan fingerprint density at radius 3 is 1.00 bits per heavy atom. The van der Waals surface area contributed by atoms with Crippen LogP contribution in [0.15, 0.2) is 36.4 Å². The highest BCUT2D eigenvalue weighted by Crippen LogP contribution is 1.79. The second kappa shape index (κ2) is 6.30. The quantitative estimate of drug-likeness (QED) is 0.523. The summed E-state index contributed by atoms with van der Waals surface area (Å²) in [6.07, 6.45) is -0.417. The van der Waals surface area contributed by atoms with Gasteiger partial charge in [-0.25, -0.2) is 5.11 Å². The molecular formula is C9H13O. The van der Waals surface area contributed by atoms with Crippen molar-refractivity contribution in [2.24, 2.45) is 0 Å². The predicted molar refractivity (Wildman–Crippen MR) is 42.3 cm³/mol. The van der Waals surface area contributed by atoms with Gasteiger partial charge in [0.1, 0.15) is 0 Å². The second-order valence-electron chi connectivity index (χ2n) is 2.20. The molecule has 55 valence electrons. The zero-order valence-corrected chi connectivity index (χ0v) is 6.45. The Bertz CT molecular complexity index is 105. The minimum atomic E-state index is -0.417.